The van der Waals surface area contributed by atoms with Gasteiger partial charge in [-0.3, -0.25) is 5.41 Å². The van der Waals surface area contributed by atoms with Crippen LogP contribution in [0, 0.1) is 5.41 Å². The topological polar surface area (TPSA) is 78.9 Å². The monoisotopic (exact) mass is 427 g/mol. The Balaban J connectivity index is 1.59. The summed E-state index contributed by atoms with van der Waals surface area (Å²) in [6.07, 6.45) is 11.8. The van der Waals surface area contributed by atoms with Crippen LogP contribution >= 0.6 is 0 Å². The molecule has 2 aromatic carbocycles. The first-order valence-corrected chi connectivity index (χ1v) is 11.9. The molecule has 2 heterocycles. The van der Waals surface area contributed by atoms with Gasteiger partial charge in [0.1, 0.15) is 0 Å². The van der Waals surface area contributed by atoms with Crippen LogP contribution in [0.1, 0.15) is 49.7 Å². The molecule has 0 bridgehead atoms. The van der Waals surface area contributed by atoms with Crippen LogP contribution in [0.2, 0.25) is 0 Å². The zero-order valence-electron chi connectivity index (χ0n) is 18.7. The normalized spacial score (nSPS) is 16.8. The number of rotatable bonds is 6. The van der Waals surface area contributed by atoms with Gasteiger partial charge in [-0.15, -0.1) is 0 Å². The largest absolute Gasteiger partial charge is 0.370 e. The fourth-order valence-corrected chi connectivity index (χ4v) is 5.19. The van der Waals surface area contributed by atoms with E-state index in [4.69, 9.17) is 11.1 Å². The first-order chi connectivity index (χ1) is 15.7. The Morgan fingerprint density at radius 1 is 0.969 bits per heavy atom. The SMILES string of the molecule is N=C(N)NCCCn1c2ccc(C3=CCCCC3)cc2c2cc(C3=CCNCC3)ccc21. The highest BCUT2D eigenvalue weighted by Crippen LogP contribution is 2.36. The molecule has 166 valence electrons. The van der Waals surface area contributed by atoms with Crippen molar-refractivity contribution in [3.63, 3.8) is 0 Å². The summed E-state index contributed by atoms with van der Waals surface area (Å²) in [6, 6.07) is 14.0. The minimum atomic E-state index is 0.0394. The molecule has 1 aliphatic carbocycles. The van der Waals surface area contributed by atoms with E-state index in [-0.39, 0.29) is 5.96 Å². The van der Waals surface area contributed by atoms with Gasteiger partial charge < -0.3 is 20.9 Å². The second-order valence-corrected chi connectivity index (χ2v) is 8.97. The van der Waals surface area contributed by atoms with Crippen molar-refractivity contribution in [1.82, 2.24) is 15.2 Å². The minimum absolute atomic E-state index is 0.0394. The molecule has 5 nitrogen and oxygen atoms in total. The molecular weight excluding hydrogens is 394 g/mol. The van der Waals surface area contributed by atoms with Gasteiger partial charge in [-0.05, 0) is 91.6 Å². The lowest BCUT2D eigenvalue weighted by Crippen LogP contribution is -2.31. The summed E-state index contributed by atoms with van der Waals surface area (Å²) in [4.78, 5) is 0. The summed E-state index contributed by atoms with van der Waals surface area (Å²) in [5.74, 6) is 0.0394. The molecule has 5 rings (SSSR count). The first-order valence-electron chi connectivity index (χ1n) is 11.9. The van der Waals surface area contributed by atoms with Crippen LogP contribution in [-0.4, -0.2) is 30.2 Å². The smallest absolute Gasteiger partial charge is 0.185 e. The molecule has 5 N–H and O–H groups in total. The quantitative estimate of drug-likeness (QED) is 0.254. The molecule has 3 aromatic rings. The Bertz CT molecular complexity index is 1130. The summed E-state index contributed by atoms with van der Waals surface area (Å²) in [7, 11) is 0. The van der Waals surface area contributed by atoms with E-state index in [1.165, 1.54) is 69.8 Å². The van der Waals surface area contributed by atoms with Crippen molar-refractivity contribution in [2.24, 2.45) is 5.73 Å². The maximum Gasteiger partial charge on any atom is 0.185 e. The molecule has 0 amide bonds. The predicted octanol–water partition coefficient (Wildman–Crippen LogP) is 5.00. The number of hydrogen-bond acceptors (Lipinski definition) is 2. The summed E-state index contributed by atoms with van der Waals surface area (Å²) in [5, 5.41) is 16.4. The molecule has 1 aromatic heterocycles. The fraction of sp³-hybridized carbons (Fsp3) is 0.370. The number of benzene rings is 2. The summed E-state index contributed by atoms with van der Waals surface area (Å²) < 4.78 is 2.44. The van der Waals surface area contributed by atoms with Crippen LogP contribution in [0.15, 0.2) is 48.6 Å². The highest BCUT2D eigenvalue weighted by molar-refractivity contribution is 6.09. The number of allylic oxidation sites excluding steroid dienone is 2. The van der Waals surface area contributed by atoms with E-state index in [1.807, 2.05) is 0 Å². The zero-order chi connectivity index (χ0) is 21.9. The minimum Gasteiger partial charge on any atom is -0.370 e. The van der Waals surface area contributed by atoms with E-state index in [9.17, 15) is 0 Å². The Kier molecular flexibility index (Phi) is 5.99. The van der Waals surface area contributed by atoms with Crippen molar-refractivity contribution >= 4 is 38.9 Å². The number of aromatic nitrogens is 1. The third-order valence-corrected chi connectivity index (χ3v) is 6.84. The molecule has 0 fully saturated rings. The van der Waals surface area contributed by atoms with Crippen molar-refractivity contribution in [2.75, 3.05) is 19.6 Å². The standard InChI is InChI=1S/C27H33N5/c28-27(29)31-13-4-16-32-25-9-7-21(19-5-2-1-3-6-19)17-23(25)24-18-22(8-10-26(24)32)20-11-14-30-15-12-20/h5,7-11,17-18,30H,1-4,6,12-16H2,(H4,28,29,31). The average molecular weight is 428 g/mol. The van der Waals surface area contributed by atoms with Crippen LogP contribution in [0.4, 0.5) is 0 Å². The summed E-state index contributed by atoms with van der Waals surface area (Å²) >= 11 is 0. The fourth-order valence-electron chi connectivity index (χ4n) is 5.19. The van der Waals surface area contributed by atoms with Gasteiger partial charge in [-0.1, -0.05) is 24.3 Å². The van der Waals surface area contributed by atoms with Gasteiger partial charge in [0.05, 0.1) is 0 Å². The Morgan fingerprint density at radius 3 is 2.28 bits per heavy atom. The van der Waals surface area contributed by atoms with Crippen molar-refractivity contribution in [3.8, 4) is 0 Å². The predicted molar refractivity (Wildman–Crippen MR) is 136 cm³/mol. The number of fused-ring (bicyclic) bond motifs is 3. The van der Waals surface area contributed by atoms with E-state index in [0.717, 1.165) is 32.5 Å². The van der Waals surface area contributed by atoms with E-state index in [1.54, 1.807) is 0 Å². The molecule has 1 aliphatic heterocycles. The lowest BCUT2D eigenvalue weighted by Gasteiger charge is -2.14. The number of nitrogens with two attached hydrogens (primary N) is 1. The van der Waals surface area contributed by atoms with Gasteiger partial charge in [-0.25, -0.2) is 0 Å². The van der Waals surface area contributed by atoms with Crippen LogP contribution in [0.25, 0.3) is 33.0 Å². The zero-order valence-corrected chi connectivity index (χ0v) is 18.7. The molecule has 0 saturated heterocycles. The van der Waals surface area contributed by atoms with Gasteiger partial charge in [0.25, 0.3) is 0 Å². The van der Waals surface area contributed by atoms with Gasteiger partial charge in [0, 0.05) is 41.4 Å². The van der Waals surface area contributed by atoms with E-state index in [2.05, 4.69) is 63.8 Å². The van der Waals surface area contributed by atoms with Crippen LogP contribution < -0.4 is 16.4 Å². The first kappa shape index (κ1) is 20.8. The maximum atomic E-state index is 7.40. The molecule has 2 aliphatic rings. The Morgan fingerprint density at radius 2 is 1.69 bits per heavy atom. The van der Waals surface area contributed by atoms with Gasteiger partial charge >= 0.3 is 0 Å². The van der Waals surface area contributed by atoms with Gasteiger partial charge in [0.15, 0.2) is 5.96 Å². The third kappa shape index (κ3) is 4.17. The molecule has 0 radical (unpaired) electrons. The van der Waals surface area contributed by atoms with Crippen molar-refractivity contribution < 1.29 is 0 Å². The highest BCUT2D eigenvalue weighted by atomic mass is 15.0. The molecule has 0 saturated carbocycles. The van der Waals surface area contributed by atoms with E-state index >= 15 is 0 Å². The number of nitrogens with one attached hydrogen (secondary N) is 3. The van der Waals surface area contributed by atoms with Crippen LogP contribution in [0.5, 0.6) is 0 Å². The van der Waals surface area contributed by atoms with Crippen LogP contribution in [-0.2, 0) is 6.54 Å². The lowest BCUT2D eigenvalue weighted by atomic mass is 9.92. The number of hydrogen-bond donors (Lipinski definition) is 4. The maximum absolute atomic E-state index is 7.40. The lowest BCUT2D eigenvalue weighted by molar-refractivity contribution is 0.659. The van der Waals surface area contributed by atoms with Crippen molar-refractivity contribution in [3.05, 3.63) is 59.7 Å². The Hall–Kier alpha value is -3.05. The summed E-state index contributed by atoms with van der Waals surface area (Å²) in [5.41, 5.74) is 13.7. The van der Waals surface area contributed by atoms with Gasteiger partial charge in [-0.2, -0.15) is 0 Å². The molecule has 0 atom stereocenters. The molecule has 5 heteroatoms. The second kappa shape index (κ2) is 9.21. The Labute approximate surface area is 189 Å². The molecular formula is C27H33N5. The molecule has 0 unspecified atom stereocenters. The van der Waals surface area contributed by atoms with E-state index in [0.29, 0.717) is 6.54 Å². The number of guanidine groups is 1. The number of nitrogens with zero attached hydrogens (tertiary/aromatic N) is 1. The number of aryl methyl sites for hydroxylation is 1. The van der Waals surface area contributed by atoms with Crippen LogP contribution in [0.3, 0.4) is 0 Å². The van der Waals surface area contributed by atoms with Gasteiger partial charge in [0.2, 0.25) is 0 Å². The second-order valence-electron chi connectivity index (χ2n) is 8.97. The van der Waals surface area contributed by atoms with Crippen molar-refractivity contribution in [2.45, 2.75) is 45.1 Å². The molecule has 32 heavy (non-hydrogen) atoms. The summed E-state index contributed by atoms with van der Waals surface area (Å²) in [6.45, 7) is 3.61. The molecule has 0 spiro atoms. The third-order valence-electron chi connectivity index (χ3n) is 6.84. The van der Waals surface area contributed by atoms with E-state index < -0.39 is 0 Å². The highest BCUT2D eigenvalue weighted by Gasteiger charge is 2.15. The van der Waals surface area contributed by atoms with Crippen molar-refractivity contribution in [1.29, 1.82) is 5.41 Å². The average Bonchev–Trinajstić information content (AvgIpc) is 3.15.